The van der Waals surface area contributed by atoms with E-state index in [9.17, 15) is 4.79 Å². The topological polar surface area (TPSA) is 94.3 Å². The molecule has 4 rings (SSSR count). The zero-order valence-corrected chi connectivity index (χ0v) is 21.1. The molecule has 4 aromatic rings. The lowest BCUT2D eigenvalue weighted by Crippen LogP contribution is -2.26. The summed E-state index contributed by atoms with van der Waals surface area (Å²) >= 11 is 6.75. The first-order valence-corrected chi connectivity index (χ1v) is 12.8. The molecule has 0 bridgehead atoms. The van der Waals surface area contributed by atoms with E-state index < -0.39 is 0 Å². The molecule has 3 heterocycles. The minimum atomic E-state index is -0.0194. The third-order valence-corrected chi connectivity index (χ3v) is 6.67. The summed E-state index contributed by atoms with van der Waals surface area (Å²) in [6, 6.07) is 12.1. The molecule has 0 aliphatic heterocycles. The smallest absolute Gasteiger partial charge is 0.290 e. The summed E-state index contributed by atoms with van der Waals surface area (Å²) in [6.45, 7) is 5.50. The number of halogens is 1. The molecule has 35 heavy (non-hydrogen) atoms. The molecular formula is C26H32ClN7O. The summed E-state index contributed by atoms with van der Waals surface area (Å²) < 4.78 is 3.61. The first kappa shape index (κ1) is 24.9. The van der Waals surface area contributed by atoms with Crippen molar-refractivity contribution < 1.29 is 0 Å². The summed E-state index contributed by atoms with van der Waals surface area (Å²) in [7, 11) is 0. The van der Waals surface area contributed by atoms with Gasteiger partial charge in [0.05, 0.1) is 12.2 Å². The molecule has 0 radical (unpaired) electrons. The van der Waals surface area contributed by atoms with Gasteiger partial charge in [0.2, 0.25) is 0 Å². The van der Waals surface area contributed by atoms with Gasteiger partial charge in [-0.25, -0.2) is 9.89 Å². The Hall–Kier alpha value is -3.26. The van der Waals surface area contributed by atoms with Crippen molar-refractivity contribution in [1.29, 1.82) is 0 Å². The second kappa shape index (κ2) is 11.9. The maximum Gasteiger partial charge on any atom is 0.329 e. The monoisotopic (exact) mass is 493 g/mol. The maximum atomic E-state index is 13.3. The molecule has 0 saturated heterocycles. The quantitative estimate of drug-likeness (QED) is 0.262. The second-order valence-electron chi connectivity index (χ2n) is 8.77. The second-order valence-corrected chi connectivity index (χ2v) is 9.13. The van der Waals surface area contributed by atoms with Crippen LogP contribution in [0.5, 0.6) is 0 Å². The molecule has 0 spiro atoms. The van der Waals surface area contributed by atoms with Crippen molar-refractivity contribution in [2.45, 2.75) is 71.9 Å². The van der Waals surface area contributed by atoms with Gasteiger partial charge < -0.3 is 0 Å². The van der Waals surface area contributed by atoms with Crippen LogP contribution in [-0.4, -0.2) is 34.7 Å². The van der Waals surface area contributed by atoms with Crippen LogP contribution in [0.1, 0.15) is 63.6 Å². The SMILES string of the molecule is CCCCCc1c(Cl)n(CCCCC)c(=O)n1Cc1ccc(-c2cccnc2-c2nnn[nH]2)cc1. The highest BCUT2D eigenvalue weighted by molar-refractivity contribution is 6.30. The number of nitrogens with zero attached hydrogens (tertiary/aromatic N) is 6. The fourth-order valence-electron chi connectivity index (χ4n) is 4.33. The number of imidazole rings is 1. The molecule has 0 aliphatic carbocycles. The van der Waals surface area contributed by atoms with Crippen molar-refractivity contribution in [2.75, 3.05) is 0 Å². The lowest BCUT2D eigenvalue weighted by atomic mass is 10.0. The Morgan fingerprint density at radius 2 is 1.74 bits per heavy atom. The van der Waals surface area contributed by atoms with Crippen LogP contribution >= 0.6 is 11.6 Å². The Morgan fingerprint density at radius 3 is 2.46 bits per heavy atom. The number of aromatic amines is 1. The van der Waals surface area contributed by atoms with Crippen LogP contribution < -0.4 is 5.69 Å². The summed E-state index contributed by atoms with van der Waals surface area (Å²) in [5, 5.41) is 14.7. The molecule has 0 unspecified atom stereocenters. The van der Waals surface area contributed by atoms with Crippen molar-refractivity contribution >= 4 is 11.6 Å². The van der Waals surface area contributed by atoms with Gasteiger partial charge in [0.25, 0.3) is 0 Å². The van der Waals surface area contributed by atoms with Crippen molar-refractivity contribution in [3.05, 3.63) is 69.5 Å². The molecule has 0 amide bonds. The molecule has 0 atom stereocenters. The van der Waals surface area contributed by atoms with E-state index in [2.05, 4.69) is 51.6 Å². The van der Waals surface area contributed by atoms with Gasteiger partial charge in [0.15, 0.2) is 5.82 Å². The van der Waals surface area contributed by atoms with Crippen molar-refractivity contribution in [3.8, 4) is 22.6 Å². The standard InChI is InChI=1S/C26H32ClN7O/c1-3-5-7-11-22-24(27)33(17-8-6-4-2)26(35)34(22)18-19-12-14-20(15-13-19)21-10-9-16-28-23(21)25-29-31-32-30-25/h9-10,12-16H,3-8,11,17-18H2,1-2H3,(H,29,30,31,32). The maximum absolute atomic E-state index is 13.3. The van der Waals surface area contributed by atoms with Crippen LogP contribution in [0, 0.1) is 0 Å². The highest BCUT2D eigenvalue weighted by atomic mass is 35.5. The van der Waals surface area contributed by atoms with E-state index in [0.29, 0.717) is 29.8 Å². The zero-order valence-electron chi connectivity index (χ0n) is 20.4. The first-order chi connectivity index (χ1) is 17.1. The third-order valence-electron chi connectivity index (χ3n) is 6.25. The predicted octanol–water partition coefficient (Wildman–Crippen LogP) is 5.52. The van der Waals surface area contributed by atoms with Crippen molar-refractivity contribution in [2.24, 2.45) is 0 Å². The number of H-pyrrole nitrogens is 1. The Balaban J connectivity index is 1.61. The molecular weight excluding hydrogens is 462 g/mol. The molecule has 0 aliphatic rings. The first-order valence-electron chi connectivity index (χ1n) is 12.4. The lowest BCUT2D eigenvalue weighted by molar-refractivity contribution is 0.573. The van der Waals surface area contributed by atoms with Crippen molar-refractivity contribution in [1.82, 2.24) is 34.7 Å². The molecule has 3 aromatic heterocycles. The van der Waals surface area contributed by atoms with Gasteiger partial charge in [-0.2, -0.15) is 0 Å². The van der Waals surface area contributed by atoms with E-state index >= 15 is 0 Å². The molecule has 0 fully saturated rings. The Morgan fingerprint density at radius 1 is 0.971 bits per heavy atom. The molecule has 0 saturated carbocycles. The molecule has 8 nitrogen and oxygen atoms in total. The minimum absolute atomic E-state index is 0.0194. The lowest BCUT2D eigenvalue weighted by Gasteiger charge is -2.10. The summed E-state index contributed by atoms with van der Waals surface area (Å²) in [4.78, 5) is 17.8. The number of aromatic nitrogens is 7. The highest BCUT2D eigenvalue weighted by Gasteiger charge is 2.18. The van der Waals surface area contributed by atoms with Crippen LogP contribution in [-0.2, 0) is 19.5 Å². The Kier molecular flexibility index (Phi) is 8.47. The van der Waals surface area contributed by atoms with Crippen LogP contribution in [0.4, 0.5) is 0 Å². The van der Waals surface area contributed by atoms with E-state index in [4.69, 9.17) is 11.6 Å². The number of nitrogens with one attached hydrogen (secondary N) is 1. The molecule has 9 heteroatoms. The summed E-state index contributed by atoms with van der Waals surface area (Å²) in [5.41, 5.74) is 4.59. The van der Waals surface area contributed by atoms with Gasteiger partial charge in [-0.3, -0.25) is 14.1 Å². The van der Waals surface area contributed by atoms with Crippen LogP contribution in [0.15, 0.2) is 47.4 Å². The highest BCUT2D eigenvalue weighted by Crippen LogP contribution is 2.28. The number of tetrazole rings is 1. The number of hydrogen-bond donors (Lipinski definition) is 1. The van der Waals surface area contributed by atoms with Gasteiger partial charge in [-0.1, -0.05) is 81.5 Å². The summed E-state index contributed by atoms with van der Waals surface area (Å²) in [6.07, 6.45) is 8.94. The Bertz CT molecular complexity index is 1280. The number of hydrogen-bond acceptors (Lipinski definition) is 5. The average molecular weight is 494 g/mol. The number of benzene rings is 1. The fraction of sp³-hybridized carbons (Fsp3) is 0.423. The van der Waals surface area contributed by atoms with Crippen LogP contribution in [0.25, 0.3) is 22.6 Å². The molecule has 1 N–H and O–H groups in total. The molecule has 1 aromatic carbocycles. The Labute approximate surface area is 210 Å². The number of rotatable bonds is 12. The zero-order chi connectivity index (χ0) is 24.6. The predicted molar refractivity (Wildman–Crippen MR) is 138 cm³/mol. The van der Waals surface area contributed by atoms with Gasteiger partial charge in [0, 0.05) is 18.3 Å². The van der Waals surface area contributed by atoms with E-state index in [1.54, 1.807) is 10.8 Å². The number of pyridine rings is 1. The largest absolute Gasteiger partial charge is 0.329 e. The van der Waals surface area contributed by atoms with E-state index in [0.717, 1.165) is 67.3 Å². The fourth-order valence-corrected chi connectivity index (χ4v) is 4.68. The van der Waals surface area contributed by atoms with Crippen LogP contribution in [0.3, 0.4) is 0 Å². The molecule has 184 valence electrons. The number of unbranched alkanes of at least 4 members (excludes halogenated alkanes) is 4. The average Bonchev–Trinajstić information content (AvgIpc) is 3.49. The summed E-state index contributed by atoms with van der Waals surface area (Å²) in [5.74, 6) is 0.520. The minimum Gasteiger partial charge on any atom is -0.290 e. The van der Waals surface area contributed by atoms with Gasteiger partial charge >= 0.3 is 5.69 Å². The normalized spacial score (nSPS) is 11.3. The van der Waals surface area contributed by atoms with Gasteiger partial charge in [0.1, 0.15) is 10.8 Å². The van der Waals surface area contributed by atoms with E-state index in [-0.39, 0.29) is 5.69 Å². The third kappa shape index (κ3) is 5.70. The van der Waals surface area contributed by atoms with Gasteiger partial charge in [-0.15, -0.1) is 5.10 Å². The van der Waals surface area contributed by atoms with Crippen molar-refractivity contribution in [3.63, 3.8) is 0 Å². The van der Waals surface area contributed by atoms with Gasteiger partial charge in [-0.05, 0) is 46.9 Å². The van der Waals surface area contributed by atoms with E-state index in [1.807, 2.05) is 28.8 Å². The van der Waals surface area contributed by atoms with E-state index in [1.165, 1.54) is 0 Å². The van der Waals surface area contributed by atoms with Crippen LogP contribution in [0.2, 0.25) is 5.15 Å².